The molecule has 1 aromatic carbocycles. The van der Waals surface area contributed by atoms with E-state index < -0.39 is 16.0 Å². The molecule has 3 N–H and O–H groups in total. The van der Waals surface area contributed by atoms with Gasteiger partial charge >= 0.3 is 5.97 Å². The van der Waals surface area contributed by atoms with E-state index in [0.29, 0.717) is 10.9 Å². The Bertz CT molecular complexity index is 602. The van der Waals surface area contributed by atoms with Gasteiger partial charge in [-0.2, -0.15) is 0 Å². The van der Waals surface area contributed by atoms with Crippen molar-refractivity contribution >= 4 is 31.9 Å². The Morgan fingerprint density at radius 2 is 2.10 bits per heavy atom. The average molecular weight is 379 g/mol. The minimum absolute atomic E-state index is 0.00426. The molecule has 0 saturated heterocycles. The molecule has 0 spiro atoms. The monoisotopic (exact) mass is 378 g/mol. The van der Waals surface area contributed by atoms with Crippen LogP contribution in [0.25, 0.3) is 0 Å². The largest absolute Gasteiger partial charge is 0.462 e. The van der Waals surface area contributed by atoms with Crippen molar-refractivity contribution in [1.82, 2.24) is 4.72 Å². The summed E-state index contributed by atoms with van der Waals surface area (Å²) in [6.07, 6.45) is 0.526. The molecule has 0 aromatic heterocycles. The van der Waals surface area contributed by atoms with E-state index in [1.165, 1.54) is 18.2 Å². The zero-order valence-electron chi connectivity index (χ0n) is 11.9. The minimum atomic E-state index is -3.69. The van der Waals surface area contributed by atoms with Gasteiger partial charge in [0.15, 0.2) is 0 Å². The van der Waals surface area contributed by atoms with Gasteiger partial charge in [0.2, 0.25) is 10.0 Å². The SMILES string of the molecule is CCOC(=O)c1cc(Br)cc(S(=O)(=O)NCCC(C)N)c1. The van der Waals surface area contributed by atoms with Crippen LogP contribution in [-0.2, 0) is 14.8 Å². The quantitative estimate of drug-likeness (QED) is 0.702. The fourth-order valence-corrected chi connectivity index (χ4v) is 3.32. The first-order valence-corrected chi connectivity index (χ1v) is 8.77. The number of carbonyl (C=O) groups is 1. The molecule has 0 saturated carbocycles. The van der Waals surface area contributed by atoms with Crippen molar-refractivity contribution < 1.29 is 17.9 Å². The predicted molar refractivity (Wildman–Crippen MR) is 83.6 cm³/mol. The molecule has 1 unspecified atom stereocenters. The van der Waals surface area contributed by atoms with Crippen molar-refractivity contribution in [3.8, 4) is 0 Å². The van der Waals surface area contributed by atoms with Gasteiger partial charge < -0.3 is 10.5 Å². The normalized spacial score (nSPS) is 13.0. The fourth-order valence-electron chi connectivity index (χ4n) is 1.55. The van der Waals surface area contributed by atoms with Crippen LogP contribution in [0.2, 0.25) is 0 Å². The first-order chi connectivity index (χ1) is 9.76. The van der Waals surface area contributed by atoms with Crippen molar-refractivity contribution in [2.45, 2.75) is 31.2 Å². The van der Waals surface area contributed by atoms with Crippen molar-refractivity contribution in [2.75, 3.05) is 13.2 Å². The third-order valence-electron chi connectivity index (χ3n) is 2.58. The van der Waals surface area contributed by atoms with Crippen LogP contribution >= 0.6 is 15.9 Å². The number of hydrogen-bond donors (Lipinski definition) is 2. The highest BCUT2D eigenvalue weighted by molar-refractivity contribution is 9.10. The molecule has 0 aliphatic heterocycles. The summed E-state index contributed by atoms with van der Waals surface area (Å²) < 4.78 is 32.2. The van der Waals surface area contributed by atoms with Gasteiger partial charge in [-0.1, -0.05) is 15.9 Å². The second kappa shape index (κ2) is 7.88. The van der Waals surface area contributed by atoms with Gasteiger partial charge in [-0.25, -0.2) is 17.9 Å². The van der Waals surface area contributed by atoms with Gasteiger partial charge in [-0.15, -0.1) is 0 Å². The van der Waals surface area contributed by atoms with Crippen molar-refractivity contribution in [1.29, 1.82) is 0 Å². The van der Waals surface area contributed by atoms with E-state index in [2.05, 4.69) is 20.7 Å². The Morgan fingerprint density at radius 1 is 1.43 bits per heavy atom. The Labute approximate surface area is 133 Å². The predicted octanol–water partition coefficient (Wildman–Crippen LogP) is 1.64. The van der Waals surface area contributed by atoms with E-state index in [9.17, 15) is 13.2 Å². The molecule has 0 fully saturated rings. The molecule has 1 atom stereocenters. The summed E-state index contributed by atoms with van der Waals surface area (Å²) in [5.41, 5.74) is 5.76. The summed E-state index contributed by atoms with van der Waals surface area (Å²) in [5, 5.41) is 0. The van der Waals surface area contributed by atoms with Gasteiger partial charge in [0.25, 0.3) is 0 Å². The van der Waals surface area contributed by atoms with Gasteiger partial charge in [0.05, 0.1) is 17.1 Å². The van der Waals surface area contributed by atoms with Crippen LogP contribution in [0.3, 0.4) is 0 Å². The van der Waals surface area contributed by atoms with Crippen LogP contribution < -0.4 is 10.5 Å². The van der Waals surface area contributed by atoms with Crippen molar-refractivity contribution in [3.05, 3.63) is 28.2 Å². The minimum Gasteiger partial charge on any atom is -0.462 e. The topological polar surface area (TPSA) is 98.5 Å². The number of rotatable bonds is 7. The maximum absolute atomic E-state index is 12.2. The summed E-state index contributed by atoms with van der Waals surface area (Å²) in [5.74, 6) is -0.564. The number of ether oxygens (including phenoxy) is 1. The molecule has 0 amide bonds. The first kappa shape index (κ1) is 18.1. The van der Waals surface area contributed by atoms with Crippen LogP contribution in [0.15, 0.2) is 27.6 Å². The number of sulfonamides is 1. The van der Waals surface area contributed by atoms with Crippen molar-refractivity contribution in [2.24, 2.45) is 5.73 Å². The summed E-state index contributed by atoms with van der Waals surface area (Å²) in [6.45, 7) is 3.94. The van der Waals surface area contributed by atoms with Crippen molar-refractivity contribution in [3.63, 3.8) is 0 Å². The van der Waals surface area contributed by atoms with Gasteiger partial charge in [0.1, 0.15) is 0 Å². The standard InChI is InChI=1S/C13H19BrN2O4S/c1-3-20-13(17)10-6-11(14)8-12(7-10)21(18,19)16-5-4-9(2)15/h6-9,16H,3-5,15H2,1-2H3. The summed E-state index contributed by atoms with van der Waals surface area (Å²) in [6, 6.07) is 4.14. The molecule has 6 nitrogen and oxygen atoms in total. The summed E-state index contributed by atoms with van der Waals surface area (Å²) >= 11 is 3.20. The van der Waals surface area contributed by atoms with E-state index in [-0.39, 0.29) is 29.7 Å². The van der Waals surface area contributed by atoms with Crippen LogP contribution in [0.1, 0.15) is 30.6 Å². The molecule has 0 bridgehead atoms. The zero-order chi connectivity index (χ0) is 16.0. The molecule has 118 valence electrons. The molecular weight excluding hydrogens is 360 g/mol. The number of nitrogens with one attached hydrogen (secondary N) is 1. The van der Waals surface area contributed by atoms with E-state index >= 15 is 0 Å². The highest BCUT2D eigenvalue weighted by Gasteiger charge is 2.18. The number of carbonyl (C=O) groups excluding carboxylic acids is 1. The Balaban J connectivity index is 2.98. The summed E-state index contributed by atoms with van der Waals surface area (Å²) in [4.78, 5) is 11.7. The summed E-state index contributed by atoms with van der Waals surface area (Å²) in [7, 11) is -3.69. The van der Waals surface area contributed by atoms with E-state index in [0.717, 1.165) is 0 Å². The maximum Gasteiger partial charge on any atom is 0.338 e. The van der Waals surface area contributed by atoms with E-state index in [4.69, 9.17) is 10.5 Å². The number of hydrogen-bond acceptors (Lipinski definition) is 5. The number of nitrogens with two attached hydrogens (primary N) is 1. The van der Waals surface area contributed by atoms with E-state index in [1.807, 2.05) is 0 Å². The van der Waals surface area contributed by atoms with E-state index in [1.54, 1.807) is 13.8 Å². The average Bonchev–Trinajstić information content (AvgIpc) is 2.37. The van der Waals surface area contributed by atoms with Gasteiger partial charge in [-0.05, 0) is 38.5 Å². The molecule has 0 radical (unpaired) electrons. The second-order valence-corrected chi connectivity index (χ2v) is 7.24. The molecule has 21 heavy (non-hydrogen) atoms. The Morgan fingerprint density at radius 3 is 2.67 bits per heavy atom. The highest BCUT2D eigenvalue weighted by atomic mass is 79.9. The molecule has 0 heterocycles. The number of benzene rings is 1. The number of esters is 1. The smallest absolute Gasteiger partial charge is 0.338 e. The third kappa shape index (κ3) is 5.74. The highest BCUT2D eigenvalue weighted by Crippen LogP contribution is 2.20. The van der Waals surface area contributed by atoms with Crippen LogP contribution in [0.4, 0.5) is 0 Å². The Kier molecular flexibility index (Phi) is 6.79. The van der Waals surface area contributed by atoms with Crippen LogP contribution in [0.5, 0.6) is 0 Å². The lowest BCUT2D eigenvalue weighted by Gasteiger charge is -2.10. The molecule has 0 aliphatic rings. The lowest BCUT2D eigenvalue weighted by atomic mass is 10.2. The molecule has 0 aliphatic carbocycles. The molecule has 1 aromatic rings. The van der Waals surface area contributed by atoms with Crippen LogP contribution in [0, 0.1) is 0 Å². The van der Waals surface area contributed by atoms with Gasteiger partial charge in [-0.3, -0.25) is 0 Å². The number of halogens is 1. The van der Waals surface area contributed by atoms with Crippen LogP contribution in [-0.4, -0.2) is 33.6 Å². The fraction of sp³-hybridized carbons (Fsp3) is 0.462. The molecular formula is C13H19BrN2O4S. The molecule has 1 rings (SSSR count). The second-order valence-electron chi connectivity index (χ2n) is 4.56. The Hall–Kier alpha value is -0.960. The lowest BCUT2D eigenvalue weighted by molar-refractivity contribution is 0.0526. The van der Waals surface area contributed by atoms with Gasteiger partial charge in [0, 0.05) is 17.1 Å². The maximum atomic E-state index is 12.2. The third-order valence-corrected chi connectivity index (χ3v) is 4.48. The zero-order valence-corrected chi connectivity index (χ0v) is 14.3. The first-order valence-electron chi connectivity index (χ1n) is 6.49. The molecule has 8 heteroatoms. The lowest BCUT2D eigenvalue weighted by Crippen LogP contribution is -2.29.